The quantitative estimate of drug-likeness (QED) is 0.781. The number of carboxylic acids is 1. The van der Waals surface area contributed by atoms with Crippen LogP contribution >= 0.6 is 0 Å². The molecule has 1 aromatic carbocycles. The first-order chi connectivity index (χ1) is 8.69. The lowest BCUT2D eigenvalue weighted by Crippen LogP contribution is -2.29. The third-order valence-corrected chi connectivity index (χ3v) is 3.32. The second kappa shape index (κ2) is 5.83. The van der Waals surface area contributed by atoms with Crippen LogP contribution < -0.4 is 0 Å². The summed E-state index contributed by atoms with van der Waals surface area (Å²) in [6.45, 7) is 5.00. The van der Waals surface area contributed by atoms with Gasteiger partial charge in [-0.2, -0.15) is 0 Å². The lowest BCUT2D eigenvalue weighted by molar-refractivity contribution is -0.138. The Morgan fingerprint density at radius 1 is 1.39 bits per heavy atom. The van der Waals surface area contributed by atoms with Gasteiger partial charge in [-0.3, -0.25) is 9.69 Å². The Morgan fingerprint density at radius 3 is 2.89 bits per heavy atom. The van der Waals surface area contributed by atoms with Crippen molar-refractivity contribution >= 4 is 5.97 Å². The van der Waals surface area contributed by atoms with Crippen molar-refractivity contribution in [3.05, 3.63) is 47.5 Å². The Balaban J connectivity index is 2.06. The number of benzene rings is 1. The molecule has 0 spiro atoms. The van der Waals surface area contributed by atoms with E-state index in [9.17, 15) is 4.79 Å². The number of carbonyl (C=O) groups is 1. The highest BCUT2D eigenvalue weighted by Gasteiger charge is 2.13. The van der Waals surface area contributed by atoms with Crippen LogP contribution in [0.4, 0.5) is 0 Å². The summed E-state index contributed by atoms with van der Waals surface area (Å²) in [6, 6.07) is 6.52. The van der Waals surface area contributed by atoms with Crippen molar-refractivity contribution in [1.82, 2.24) is 4.90 Å². The van der Waals surface area contributed by atoms with E-state index in [0.29, 0.717) is 13.1 Å². The van der Waals surface area contributed by atoms with Crippen LogP contribution in [-0.4, -0.2) is 29.1 Å². The zero-order valence-electron chi connectivity index (χ0n) is 10.6. The number of aryl methyl sites for hydroxylation is 2. The molecule has 2 rings (SSSR count). The summed E-state index contributed by atoms with van der Waals surface area (Å²) in [4.78, 5) is 12.7. The largest absolute Gasteiger partial charge is 0.480 e. The van der Waals surface area contributed by atoms with Gasteiger partial charge in [0.05, 0.1) is 6.54 Å². The Hall–Kier alpha value is -1.61. The molecule has 1 aromatic rings. The molecule has 0 heterocycles. The smallest absolute Gasteiger partial charge is 0.317 e. The van der Waals surface area contributed by atoms with Crippen molar-refractivity contribution in [3.63, 3.8) is 0 Å². The highest BCUT2D eigenvalue weighted by atomic mass is 16.4. The molecule has 0 bridgehead atoms. The number of nitrogens with zero attached hydrogens (tertiary/aromatic N) is 1. The lowest BCUT2D eigenvalue weighted by atomic mass is 10.1. The monoisotopic (exact) mass is 245 g/mol. The molecule has 0 unspecified atom stereocenters. The van der Waals surface area contributed by atoms with Crippen molar-refractivity contribution in [1.29, 1.82) is 0 Å². The fourth-order valence-electron chi connectivity index (χ4n) is 2.54. The summed E-state index contributed by atoms with van der Waals surface area (Å²) < 4.78 is 0. The number of hydrogen-bond donors (Lipinski definition) is 1. The maximum atomic E-state index is 10.8. The lowest BCUT2D eigenvalue weighted by Gasteiger charge is -2.18. The van der Waals surface area contributed by atoms with Gasteiger partial charge in [0, 0.05) is 13.1 Å². The molecule has 96 valence electrons. The highest BCUT2D eigenvalue weighted by molar-refractivity contribution is 5.69. The third-order valence-electron chi connectivity index (χ3n) is 3.32. The Bertz CT molecular complexity index is 454. The first-order valence-corrected chi connectivity index (χ1v) is 6.35. The fourth-order valence-corrected chi connectivity index (χ4v) is 2.54. The molecule has 18 heavy (non-hydrogen) atoms. The summed E-state index contributed by atoms with van der Waals surface area (Å²) in [5.41, 5.74) is 4.08. The zero-order valence-corrected chi connectivity index (χ0v) is 10.6. The van der Waals surface area contributed by atoms with Crippen LogP contribution in [0.5, 0.6) is 0 Å². The van der Waals surface area contributed by atoms with E-state index >= 15 is 0 Å². The molecule has 0 aromatic heterocycles. The van der Waals surface area contributed by atoms with Gasteiger partial charge in [0.25, 0.3) is 0 Å². The Morgan fingerprint density at radius 2 is 2.17 bits per heavy atom. The van der Waals surface area contributed by atoms with E-state index in [2.05, 4.69) is 24.8 Å². The predicted molar refractivity (Wildman–Crippen MR) is 71.6 cm³/mol. The van der Waals surface area contributed by atoms with E-state index in [-0.39, 0.29) is 6.54 Å². The number of fused-ring (bicyclic) bond motifs is 1. The molecule has 1 aliphatic rings. The SMILES string of the molecule is C=CCN(CC(=O)O)Cc1ccc2c(c1)CCC2. The summed E-state index contributed by atoms with van der Waals surface area (Å²) >= 11 is 0. The van der Waals surface area contributed by atoms with Crippen molar-refractivity contribution in [2.24, 2.45) is 0 Å². The van der Waals surface area contributed by atoms with Crippen LogP contribution in [0.3, 0.4) is 0 Å². The van der Waals surface area contributed by atoms with E-state index in [4.69, 9.17) is 5.11 Å². The molecule has 0 amide bonds. The van der Waals surface area contributed by atoms with Gasteiger partial charge in [-0.1, -0.05) is 24.3 Å². The molecule has 0 saturated carbocycles. The molecule has 3 nitrogen and oxygen atoms in total. The molecule has 3 heteroatoms. The third kappa shape index (κ3) is 3.20. The molecule has 1 N–H and O–H groups in total. The minimum Gasteiger partial charge on any atom is -0.480 e. The van der Waals surface area contributed by atoms with Gasteiger partial charge in [-0.15, -0.1) is 6.58 Å². The van der Waals surface area contributed by atoms with Crippen LogP contribution in [0.2, 0.25) is 0 Å². The highest BCUT2D eigenvalue weighted by Crippen LogP contribution is 2.23. The van der Waals surface area contributed by atoms with Crippen LogP contribution in [0.15, 0.2) is 30.9 Å². The summed E-state index contributed by atoms with van der Waals surface area (Å²) in [5, 5.41) is 8.87. The van der Waals surface area contributed by atoms with Crippen molar-refractivity contribution in [3.8, 4) is 0 Å². The van der Waals surface area contributed by atoms with Gasteiger partial charge in [0.15, 0.2) is 0 Å². The predicted octanol–water partition coefficient (Wildman–Crippen LogP) is 2.25. The average Bonchev–Trinajstić information content (AvgIpc) is 2.75. The van der Waals surface area contributed by atoms with Gasteiger partial charge in [0.2, 0.25) is 0 Å². The Labute approximate surface area is 108 Å². The molecule has 0 aliphatic heterocycles. The Kier molecular flexibility index (Phi) is 4.15. The minimum absolute atomic E-state index is 0.0586. The summed E-state index contributed by atoms with van der Waals surface area (Å²) in [7, 11) is 0. The second-order valence-electron chi connectivity index (χ2n) is 4.81. The topological polar surface area (TPSA) is 40.5 Å². The number of rotatable bonds is 6. The fraction of sp³-hybridized carbons (Fsp3) is 0.400. The zero-order chi connectivity index (χ0) is 13.0. The molecular formula is C15H19NO2. The van der Waals surface area contributed by atoms with E-state index in [0.717, 1.165) is 6.42 Å². The maximum Gasteiger partial charge on any atom is 0.317 e. The molecule has 0 radical (unpaired) electrons. The summed E-state index contributed by atoms with van der Waals surface area (Å²) in [5.74, 6) is -0.794. The molecule has 0 saturated heterocycles. The average molecular weight is 245 g/mol. The van der Waals surface area contributed by atoms with Crippen LogP contribution in [-0.2, 0) is 24.2 Å². The van der Waals surface area contributed by atoms with E-state index in [1.54, 1.807) is 6.08 Å². The number of carboxylic acid groups (broad SMARTS) is 1. The van der Waals surface area contributed by atoms with Gasteiger partial charge < -0.3 is 5.11 Å². The van der Waals surface area contributed by atoms with E-state index < -0.39 is 5.97 Å². The van der Waals surface area contributed by atoms with Crippen LogP contribution in [0.1, 0.15) is 23.1 Å². The van der Waals surface area contributed by atoms with E-state index in [1.807, 2.05) is 4.90 Å². The molecular weight excluding hydrogens is 226 g/mol. The van der Waals surface area contributed by atoms with Crippen molar-refractivity contribution in [2.45, 2.75) is 25.8 Å². The van der Waals surface area contributed by atoms with Gasteiger partial charge in [-0.05, 0) is 36.0 Å². The van der Waals surface area contributed by atoms with Crippen molar-refractivity contribution < 1.29 is 9.90 Å². The number of hydrogen-bond acceptors (Lipinski definition) is 2. The van der Waals surface area contributed by atoms with Crippen molar-refractivity contribution in [2.75, 3.05) is 13.1 Å². The maximum absolute atomic E-state index is 10.8. The molecule has 0 fully saturated rings. The van der Waals surface area contributed by atoms with Crippen LogP contribution in [0, 0.1) is 0 Å². The van der Waals surface area contributed by atoms with E-state index in [1.165, 1.54) is 29.5 Å². The minimum atomic E-state index is -0.794. The van der Waals surface area contributed by atoms with Gasteiger partial charge in [-0.25, -0.2) is 0 Å². The van der Waals surface area contributed by atoms with Gasteiger partial charge >= 0.3 is 5.97 Å². The standard InChI is InChI=1S/C15H19NO2/c1-2-8-16(11-15(17)18)10-12-6-7-13-4-3-5-14(13)9-12/h2,6-7,9H,1,3-5,8,10-11H2,(H,17,18). The normalized spacial score (nSPS) is 13.6. The molecule has 0 atom stereocenters. The second-order valence-corrected chi connectivity index (χ2v) is 4.81. The summed E-state index contributed by atoms with van der Waals surface area (Å²) in [6.07, 6.45) is 5.32. The van der Waals surface area contributed by atoms with Crippen LogP contribution in [0.25, 0.3) is 0 Å². The van der Waals surface area contributed by atoms with Gasteiger partial charge in [0.1, 0.15) is 0 Å². The molecule has 1 aliphatic carbocycles. The number of aliphatic carboxylic acids is 1. The first-order valence-electron chi connectivity index (χ1n) is 6.35. The first kappa shape index (κ1) is 12.8.